The molecule has 3 heteroatoms. The van der Waals surface area contributed by atoms with E-state index in [-0.39, 0.29) is 17.2 Å². The van der Waals surface area contributed by atoms with Crippen molar-refractivity contribution in [3.63, 3.8) is 0 Å². The maximum atomic E-state index is 14.9. The van der Waals surface area contributed by atoms with E-state index in [1.54, 1.807) is 12.1 Å². The maximum absolute atomic E-state index is 14.9. The van der Waals surface area contributed by atoms with E-state index in [2.05, 4.69) is 6.92 Å². The molecule has 0 atom stereocenters. The Labute approximate surface area is 236 Å². The summed E-state index contributed by atoms with van der Waals surface area (Å²) in [5.74, 6) is 2.27. The molecule has 2 aromatic rings. The summed E-state index contributed by atoms with van der Waals surface area (Å²) in [5, 5.41) is 0.677. The van der Waals surface area contributed by atoms with Crippen LogP contribution >= 0.6 is 11.6 Å². The highest BCUT2D eigenvalue weighted by molar-refractivity contribution is 6.30. The molecule has 0 aliphatic heterocycles. The average Bonchev–Trinajstić information content (AvgIpc) is 2.93. The summed E-state index contributed by atoms with van der Waals surface area (Å²) in [6.45, 7) is 2.29. The van der Waals surface area contributed by atoms with E-state index in [4.69, 9.17) is 11.6 Å². The molecule has 0 radical (unpaired) electrons. The molecule has 0 spiro atoms. The van der Waals surface area contributed by atoms with Gasteiger partial charge in [0.15, 0.2) is 0 Å². The lowest BCUT2D eigenvalue weighted by atomic mass is 9.74. The third-order valence-corrected chi connectivity index (χ3v) is 9.98. The lowest BCUT2D eigenvalue weighted by Gasteiger charge is -2.32. The first-order chi connectivity index (χ1) is 18.5. The van der Waals surface area contributed by atoms with Crippen LogP contribution in [0.15, 0.2) is 36.4 Å². The first kappa shape index (κ1) is 29.6. The molecule has 4 rings (SSSR count). The van der Waals surface area contributed by atoms with Gasteiger partial charge >= 0.3 is 0 Å². The molecular weight excluding hydrogens is 494 g/mol. The standard InChI is InChI=1S/C35H49ClF2/c1-2-3-4-5-6-7-26-8-10-27(11-9-26)12-13-28-14-19-30(20-15-28)31-24-34(37)33(35(38)25-31)23-18-29-16-21-32(36)22-17-29/h16-17,21-22,24-28,30H,2-15,18-20,23H2,1H3/t26-,27-,28?,30?. The number of hydrogen-bond acceptors (Lipinski definition) is 0. The Morgan fingerprint density at radius 1 is 0.658 bits per heavy atom. The fraction of sp³-hybridized carbons (Fsp3) is 0.657. The molecule has 2 aliphatic rings. The number of aryl methyl sites for hydroxylation is 1. The Morgan fingerprint density at radius 3 is 1.76 bits per heavy atom. The van der Waals surface area contributed by atoms with Gasteiger partial charge in [0.2, 0.25) is 0 Å². The Balaban J connectivity index is 1.15. The average molecular weight is 543 g/mol. The molecular formula is C35H49ClF2. The second kappa shape index (κ2) is 15.4. The van der Waals surface area contributed by atoms with E-state index in [9.17, 15) is 8.78 Å². The molecule has 210 valence electrons. The van der Waals surface area contributed by atoms with Gasteiger partial charge in [-0.3, -0.25) is 0 Å². The largest absolute Gasteiger partial charge is 0.207 e. The topological polar surface area (TPSA) is 0 Å². The number of hydrogen-bond donors (Lipinski definition) is 0. The highest BCUT2D eigenvalue weighted by atomic mass is 35.5. The Morgan fingerprint density at radius 2 is 1.18 bits per heavy atom. The van der Waals surface area contributed by atoms with Gasteiger partial charge in [-0.1, -0.05) is 108 Å². The molecule has 0 saturated heterocycles. The van der Waals surface area contributed by atoms with Crippen molar-refractivity contribution in [2.45, 2.75) is 128 Å². The first-order valence-electron chi connectivity index (χ1n) is 15.7. The van der Waals surface area contributed by atoms with Crippen molar-refractivity contribution in [3.8, 4) is 0 Å². The van der Waals surface area contributed by atoms with Crippen LogP contribution < -0.4 is 0 Å². The minimum absolute atomic E-state index is 0.212. The van der Waals surface area contributed by atoms with Gasteiger partial charge in [0, 0.05) is 10.6 Å². The van der Waals surface area contributed by atoms with Crippen molar-refractivity contribution in [1.29, 1.82) is 0 Å². The lowest BCUT2D eigenvalue weighted by molar-refractivity contribution is 0.222. The van der Waals surface area contributed by atoms with Gasteiger partial charge in [0.05, 0.1) is 0 Å². The molecule has 0 amide bonds. The van der Waals surface area contributed by atoms with Gasteiger partial charge in [-0.25, -0.2) is 8.78 Å². The fourth-order valence-electron chi connectivity index (χ4n) is 7.12. The predicted molar refractivity (Wildman–Crippen MR) is 158 cm³/mol. The molecule has 0 N–H and O–H groups in total. The summed E-state index contributed by atoms with van der Waals surface area (Å²) in [6.07, 6.45) is 22.6. The third-order valence-electron chi connectivity index (χ3n) is 9.72. The highest BCUT2D eigenvalue weighted by Gasteiger charge is 2.26. The van der Waals surface area contributed by atoms with Crippen molar-refractivity contribution in [2.24, 2.45) is 17.8 Å². The Hall–Kier alpha value is -1.41. The molecule has 0 heterocycles. The summed E-state index contributed by atoms with van der Waals surface area (Å²) >= 11 is 5.94. The number of halogens is 3. The smallest absolute Gasteiger partial charge is 0.129 e. The second-order valence-electron chi connectivity index (χ2n) is 12.5. The van der Waals surface area contributed by atoms with Crippen LogP contribution in [0.4, 0.5) is 8.78 Å². The van der Waals surface area contributed by atoms with Crippen molar-refractivity contribution >= 4 is 11.6 Å². The van der Waals surface area contributed by atoms with Crippen LogP contribution in [-0.2, 0) is 12.8 Å². The van der Waals surface area contributed by atoms with Crippen LogP contribution in [0.1, 0.15) is 132 Å². The van der Waals surface area contributed by atoms with Gasteiger partial charge in [0.25, 0.3) is 0 Å². The molecule has 2 aromatic carbocycles. The zero-order valence-electron chi connectivity index (χ0n) is 23.6. The summed E-state index contributed by atoms with van der Waals surface area (Å²) < 4.78 is 29.8. The molecule has 0 aromatic heterocycles. The van der Waals surface area contributed by atoms with Crippen LogP contribution in [0.25, 0.3) is 0 Å². The van der Waals surface area contributed by atoms with Crippen LogP contribution in [0, 0.1) is 29.4 Å². The summed E-state index contributed by atoms with van der Waals surface area (Å²) in [4.78, 5) is 0. The predicted octanol–water partition coefficient (Wildman–Crippen LogP) is 11.6. The first-order valence-corrected chi connectivity index (χ1v) is 16.1. The molecule has 0 bridgehead atoms. The Bertz CT molecular complexity index is 929. The van der Waals surface area contributed by atoms with Gasteiger partial charge < -0.3 is 0 Å². The number of benzene rings is 2. The molecule has 38 heavy (non-hydrogen) atoms. The second-order valence-corrected chi connectivity index (χ2v) is 12.9. The fourth-order valence-corrected chi connectivity index (χ4v) is 7.24. The van der Waals surface area contributed by atoms with Crippen molar-refractivity contribution in [1.82, 2.24) is 0 Å². The summed E-state index contributed by atoms with van der Waals surface area (Å²) in [6, 6.07) is 10.7. The van der Waals surface area contributed by atoms with Gasteiger partial charge in [-0.15, -0.1) is 0 Å². The van der Waals surface area contributed by atoms with Crippen molar-refractivity contribution in [2.75, 3.05) is 0 Å². The lowest BCUT2D eigenvalue weighted by Crippen LogP contribution is -2.18. The summed E-state index contributed by atoms with van der Waals surface area (Å²) in [7, 11) is 0. The van der Waals surface area contributed by atoms with E-state index in [1.807, 2.05) is 24.3 Å². The zero-order valence-corrected chi connectivity index (χ0v) is 24.4. The van der Waals surface area contributed by atoms with Gasteiger partial charge in [-0.05, 0) is 97.6 Å². The van der Waals surface area contributed by atoms with E-state index in [1.165, 1.54) is 89.9 Å². The van der Waals surface area contributed by atoms with Crippen LogP contribution in [0.3, 0.4) is 0 Å². The maximum Gasteiger partial charge on any atom is 0.129 e. The molecule has 2 aliphatic carbocycles. The minimum Gasteiger partial charge on any atom is -0.207 e. The van der Waals surface area contributed by atoms with E-state index in [0.29, 0.717) is 23.8 Å². The van der Waals surface area contributed by atoms with E-state index >= 15 is 0 Å². The van der Waals surface area contributed by atoms with Crippen molar-refractivity contribution in [3.05, 3.63) is 69.7 Å². The zero-order chi connectivity index (χ0) is 26.7. The SMILES string of the molecule is CCCCCCC[C@H]1CC[C@H](CCC2CCC(c3cc(F)c(CCc4ccc(Cl)cc4)c(F)c3)CC2)CC1. The normalized spacial score (nSPS) is 24.0. The molecule has 2 fully saturated rings. The van der Waals surface area contributed by atoms with Crippen molar-refractivity contribution < 1.29 is 8.78 Å². The molecule has 0 nitrogen and oxygen atoms in total. The number of unbranched alkanes of at least 4 members (excludes halogenated alkanes) is 4. The van der Waals surface area contributed by atoms with Gasteiger partial charge in [0.1, 0.15) is 11.6 Å². The van der Waals surface area contributed by atoms with Crippen LogP contribution in [-0.4, -0.2) is 0 Å². The molecule has 2 saturated carbocycles. The number of rotatable bonds is 13. The van der Waals surface area contributed by atoms with Crippen LogP contribution in [0.2, 0.25) is 5.02 Å². The third kappa shape index (κ3) is 9.07. The monoisotopic (exact) mass is 542 g/mol. The van der Waals surface area contributed by atoms with Crippen LogP contribution in [0.5, 0.6) is 0 Å². The van der Waals surface area contributed by atoms with E-state index < -0.39 is 0 Å². The Kier molecular flexibility index (Phi) is 12.0. The van der Waals surface area contributed by atoms with Gasteiger partial charge in [-0.2, -0.15) is 0 Å². The highest BCUT2D eigenvalue weighted by Crippen LogP contribution is 2.41. The summed E-state index contributed by atoms with van der Waals surface area (Å²) in [5.41, 5.74) is 2.12. The quantitative estimate of drug-likeness (QED) is 0.221. The minimum atomic E-state index is -0.382. The molecule has 0 unspecified atom stereocenters. The van der Waals surface area contributed by atoms with E-state index in [0.717, 1.165) is 41.7 Å².